The maximum absolute atomic E-state index is 5.20. The van der Waals surface area contributed by atoms with Crippen LogP contribution in [0.15, 0.2) is 22.5 Å². The number of thioether (sulfide) groups is 1. The van der Waals surface area contributed by atoms with Crippen LogP contribution in [0.5, 0.6) is 0 Å². The van der Waals surface area contributed by atoms with E-state index in [0.29, 0.717) is 0 Å². The van der Waals surface area contributed by atoms with Gasteiger partial charge < -0.3 is 4.42 Å². The summed E-state index contributed by atoms with van der Waals surface area (Å²) in [7, 11) is 0. The molecule has 0 N–H and O–H groups in total. The Kier molecular flexibility index (Phi) is 1.74. The highest BCUT2D eigenvalue weighted by molar-refractivity contribution is 8.08. The predicted octanol–water partition coefficient (Wildman–Crippen LogP) is 2.54. The highest BCUT2D eigenvalue weighted by atomic mass is 32.2. The van der Waals surface area contributed by atoms with Crippen molar-refractivity contribution in [3.8, 4) is 0 Å². The number of nitrogens with zero attached hydrogens (tertiary/aromatic N) is 1. The van der Waals surface area contributed by atoms with E-state index in [-0.39, 0.29) is 0 Å². The molecule has 2 heterocycles. The van der Waals surface area contributed by atoms with Crippen LogP contribution in [0.25, 0.3) is 4.91 Å². The quantitative estimate of drug-likeness (QED) is 0.643. The van der Waals surface area contributed by atoms with E-state index in [4.69, 9.17) is 4.42 Å². The molecule has 0 radical (unpaired) electrons. The van der Waals surface area contributed by atoms with Crippen LogP contribution in [0.3, 0.4) is 0 Å². The van der Waals surface area contributed by atoms with Crippen molar-refractivity contribution in [1.82, 2.24) is 4.98 Å². The standard InChI is InChI=1S/C8H9NOS/c1-6-2-5-11-7(6)8-9-3-4-10-8/h3-4H,2,5H2,1H3. The first-order valence-corrected chi connectivity index (χ1v) is 4.59. The molecule has 0 spiro atoms. The maximum Gasteiger partial charge on any atom is 0.232 e. The van der Waals surface area contributed by atoms with Crippen LogP contribution in [-0.4, -0.2) is 10.7 Å². The first kappa shape index (κ1) is 6.98. The summed E-state index contributed by atoms with van der Waals surface area (Å²) in [5, 5.41) is 0. The topological polar surface area (TPSA) is 26.0 Å². The van der Waals surface area contributed by atoms with Gasteiger partial charge in [0.2, 0.25) is 5.89 Å². The molecule has 0 bridgehead atoms. The average molecular weight is 167 g/mol. The normalized spacial score (nSPS) is 17.9. The van der Waals surface area contributed by atoms with Gasteiger partial charge in [0.25, 0.3) is 0 Å². The van der Waals surface area contributed by atoms with Crippen molar-refractivity contribution >= 4 is 16.7 Å². The number of aromatic nitrogens is 1. The third-order valence-corrected chi connectivity index (χ3v) is 2.96. The van der Waals surface area contributed by atoms with Crippen LogP contribution in [0.2, 0.25) is 0 Å². The lowest BCUT2D eigenvalue weighted by Crippen LogP contribution is -1.77. The Morgan fingerprint density at radius 2 is 2.55 bits per heavy atom. The molecule has 2 nitrogen and oxygen atoms in total. The lowest BCUT2D eigenvalue weighted by molar-refractivity contribution is 0.545. The molecule has 1 aromatic heterocycles. The summed E-state index contributed by atoms with van der Waals surface area (Å²) in [6.45, 7) is 2.14. The first-order chi connectivity index (χ1) is 5.38. The monoisotopic (exact) mass is 167 g/mol. The van der Waals surface area contributed by atoms with Crippen molar-refractivity contribution in [1.29, 1.82) is 0 Å². The minimum absolute atomic E-state index is 0.782. The Morgan fingerprint density at radius 3 is 3.09 bits per heavy atom. The van der Waals surface area contributed by atoms with Crippen molar-refractivity contribution in [2.75, 3.05) is 5.75 Å². The van der Waals surface area contributed by atoms with Gasteiger partial charge in [0, 0.05) is 5.75 Å². The van der Waals surface area contributed by atoms with Gasteiger partial charge in [-0.15, -0.1) is 11.8 Å². The van der Waals surface area contributed by atoms with Crippen molar-refractivity contribution in [2.24, 2.45) is 0 Å². The minimum Gasteiger partial charge on any atom is -0.444 e. The molecule has 0 atom stereocenters. The van der Waals surface area contributed by atoms with Gasteiger partial charge in [0.05, 0.1) is 11.1 Å². The van der Waals surface area contributed by atoms with Crippen LogP contribution in [0, 0.1) is 0 Å². The molecule has 11 heavy (non-hydrogen) atoms. The lowest BCUT2D eigenvalue weighted by atomic mass is 10.2. The number of allylic oxidation sites excluding steroid dienone is 1. The van der Waals surface area contributed by atoms with Crippen molar-refractivity contribution < 1.29 is 4.42 Å². The Balaban J connectivity index is 2.36. The summed E-state index contributed by atoms with van der Waals surface area (Å²) in [6, 6.07) is 0. The molecular formula is C8H9NOS. The number of hydrogen-bond donors (Lipinski definition) is 0. The molecule has 0 aliphatic carbocycles. The summed E-state index contributed by atoms with van der Waals surface area (Å²) < 4.78 is 5.20. The summed E-state index contributed by atoms with van der Waals surface area (Å²) in [6.07, 6.45) is 4.48. The van der Waals surface area contributed by atoms with Gasteiger partial charge in [-0.1, -0.05) is 5.57 Å². The SMILES string of the molecule is CC1=C(c2ncco2)SCC1. The zero-order valence-electron chi connectivity index (χ0n) is 6.33. The molecule has 0 unspecified atom stereocenters. The zero-order valence-corrected chi connectivity index (χ0v) is 7.15. The van der Waals surface area contributed by atoms with Crippen LogP contribution in [0.1, 0.15) is 19.2 Å². The van der Waals surface area contributed by atoms with Gasteiger partial charge in [-0.3, -0.25) is 0 Å². The van der Waals surface area contributed by atoms with E-state index >= 15 is 0 Å². The minimum atomic E-state index is 0.782. The third-order valence-electron chi connectivity index (χ3n) is 1.74. The molecule has 3 heteroatoms. The fourth-order valence-corrected chi connectivity index (χ4v) is 2.31. The van der Waals surface area contributed by atoms with Crippen LogP contribution in [-0.2, 0) is 0 Å². The fourth-order valence-electron chi connectivity index (χ4n) is 1.12. The summed E-state index contributed by atoms with van der Waals surface area (Å²) >= 11 is 1.83. The van der Waals surface area contributed by atoms with Gasteiger partial charge in [-0.25, -0.2) is 4.98 Å². The van der Waals surface area contributed by atoms with E-state index in [2.05, 4.69) is 11.9 Å². The molecular weight excluding hydrogens is 158 g/mol. The molecule has 0 saturated carbocycles. The second-order valence-corrected chi connectivity index (χ2v) is 3.65. The van der Waals surface area contributed by atoms with Gasteiger partial charge in [0.15, 0.2) is 0 Å². The van der Waals surface area contributed by atoms with Crippen LogP contribution >= 0.6 is 11.8 Å². The Bertz CT molecular complexity index is 276. The maximum atomic E-state index is 5.20. The Labute approximate surface area is 69.7 Å². The highest BCUT2D eigenvalue weighted by Gasteiger charge is 2.16. The zero-order chi connectivity index (χ0) is 7.68. The molecule has 0 fully saturated rings. The first-order valence-electron chi connectivity index (χ1n) is 3.60. The van der Waals surface area contributed by atoms with Gasteiger partial charge >= 0.3 is 0 Å². The second-order valence-electron chi connectivity index (χ2n) is 2.55. The average Bonchev–Trinajstić information content (AvgIpc) is 2.55. The molecule has 1 aliphatic rings. The summed E-state index contributed by atoms with van der Waals surface area (Å²) in [5.41, 5.74) is 1.40. The van der Waals surface area contributed by atoms with Crippen molar-refractivity contribution in [3.05, 3.63) is 23.9 Å². The van der Waals surface area contributed by atoms with Gasteiger partial charge in [0.1, 0.15) is 6.26 Å². The molecule has 1 aliphatic heterocycles. The smallest absolute Gasteiger partial charge is 0.232 e. The van der Waals surface area contributed by atoms with Crippen LogP contribution in [0.4, 0.5) is 0 Å². The van der Waals surface area contributed by atoms with Crippen molar-refractivity contribution in [3.63, 3.8) is 0 Å². The third kappa shape index (κ3) is 1.20. The van der Waals surface area contributed by atoms with E-state index in [1.807, 2.05) is 11.8 Å². The number of rotatable bonds is 1. The molecule has 58 valence electrons. The van der Waals surface area contributed by atoms with E-state index in [9.17, 15) is 0 Å². The Hall–Kier alpha value is -0.700. The van der Waals surface area contributed by atoms with E-state index in [0.717, 1.165) is 5.89 Å². The lowest BCUT2D eigenvalue weighted by Gasteiger charge is -1.94. The second kappa shape index (κ2) is 2.74. The predicted molar refractivity (Wildman–Crippen MR) is 46.2 cm³/mol. The molecule has 2 rings (SSSR count). The summed E-state index contributed by atoms with van der Waals surface area (Å²) in [5.74, 6) is 1.95. The molecule has 0 aromatic carbocycles. The van der Waals surface area contributed by atoms with E-state index < -0.39 is 0 Å². The largest absolute Gasteiger partial charge is 0.444 e. The molecule has 0 saturated heterocycles. The summed E-state index contributed by atoms with van der Waals surface area (Å²) in [4.78, 5) is 5.33. The van der Waals surface area contributed by atoms with Gasteiger partial charge in [-0.05, 0) is 13.3 Å². The highest BCUT2D eigenvalue weighted by Crippen LogP contribution is 2.37. The molecule has 1 aromatic rings. The Morgan fingerprint density at radius 1 is 1.64 bits per heavy atom. The number of hydrogen-bond acceptors (Lipinski definition) is 3. The number of oxazole rings is 1. The van der Waals surface area contributed by atoms with Gasteiger partial charge in [-0.2, -0.15) is 0 Å². The van der Waals surface area contributed by atoms with Crippen LogP contribution < -0.4 is 0 Å². The van der Waals surface area contributed by atoms with E-state index in [1.54, 1.807) is 12.5 Å². The molecule has 0 amide bonds. The van der Waals surface area contributed by atoms with Crippen molar-refractivity contribution in [2.45, 2.75) is 13.3 Å². The fraction of sp³-hybridized carbons (Fsp3) is 0.375. The van der Waals surface area contributed by atoms with E-state index in [1.165, 1.54) is 22.7 Å².